The summed E-state index contributed by atoms with van der Waals surface area (Å²) in [5.74, 6) is 1.90. The van der Waals surface area contributed by atoms with Crippen LogP contribution in [-0.4, -0.2) is 25.8 Å². The van der Waals surface area contributed by atoms with E-state index in [0.29, 0.717) is 34.7 Å². The van der Waals surface area contributed by atoms with Crippen molar-refractivity contribution in [1.29, 1.82) is 0 Å². The first-order valence-corrected chi connectivity index (χ1v) is 10.3. The second kappa shape index (κ2) is 10.9. The molecule has 156 valence electrons. The molecule has 30 heavy (non-hydrogen) atoms. The van der Waals surface area contributed by atoms with Crippen LogP contribution in [0.4, 0.5) is 0 Å². The van der Waals surface area contributed by atoms with Crippen LogP contribution in [0, 0.1) is 0 Å². The molecule has 0 aliphatic heterocycles. The summed E-state index contributed by atoms with van der Waals surface area (Å²) in [5.41, 5.74) is 3.04. The Morgan fingerprint density at radius 1 is 0.933 bits per heavy atom. The molecule has 0 aliphatic rings. The van der Waals surface area contributed by atoms with Crippen LogP contribution in [0.1, 0.15) is 16.7 Å². The van der Waals surface area contributed by atoms with Crippen LogP contribution < -0.4 is 19.5 Å². The molecule has 4 nitrogen and oxygen atoms in total. The highest BCUT2D eigenvalue weighted by Crippen LogP contribution is 2.37. The Kier molecular flexibility index (Phi) is 7.94. The van der Waals surface area contributed by atoms with E-state index in [1.54, 1.807) is 20.3 Å². The standard InChI is InChI=1S/C24H24ClNO3S/c1-27-20-10-8-17(9-11-20)12-13-26-24(30)19-14-21(25)23(22(15-19)28-2)29-16-18-6-4-3-5-7-18/h3-11,14-15H,12-13,16H2,1-2H3,(H,26,30). The molecular formula is C24H24ClNO3S. The molecule has 0 bridgehead atoms. The Morgan fingerprint density at radius 3 is 2.33 bits per heavy atom. The van der Waals surface area contributed by atoms with Gasteiger partial charge in [0.1, 0.15) is 17.3 Å². The summed E-state index contributed by atoms with van der Waals surface area (Å²) in [6.45, 7) is 1.11. The van der Waals surface area contributed by atoms with E-state index in [9.17, 15) is 0 Å². The predicted molar refractivity (Wildman–Crippen MR) is 125 cm³/mol. The maximum Gasteiger partial charge on any atom is 0.180 e. The van der Waals surface area contributed by atoms with E-state index in [0.717, 1.165) is 23.3 Å². The van der Waals surface area contributed by atoms with Crippen molar-refractivity contribution < 1.29 is 14.2 Å². The number of nitrogens with one attached hydrogen (secondary N) is 1. The Balaban J connectivity index is 1.61. The molecule has 1 N–H and O–H groups in total. The number of benzene rings is 3. The zero-order chi connectivity index (χ0) is 21.3. The molecule has 0 unspecified atom stereocenters. The summed E-state index contributed by atoms with van der Waals surface area (Å²) in [5, 5.41) is 3.74. The van der Waals surface area contributed by atoms with Crippen LogP contribution in [0.15, 0.2) is 66.7 Å². The topological polar surface area (TPSA) is 39.7 Å². The van der Waals surface area contributed by atoms with Gasteiger partial charge in [0, 0.05) is 12.1 Å². The van der Waals surface area contributed by atoms with Crippen molar-refractivity contribution in [2.45, 2.75) is 13.0 Å². The Bertz CT molecular complexity index is 978. The van der Waals surface area contributed by atoms with Crippen LogP contribution in [0.25, 0.3) is 0 Å². The molecule has 0 fully saturated rings. The van der Waals surface area contributed by atoms with Gasteiger partial charge in [-0.05, 0) is 41.8 Å². The number of hydrogen-bond acceptors (Lipinski definition) is 4. The normalized spacial score (nSPS) is 10.4. The summed E-state index contributed by atoms with van der Waals surface area (Å²) in [7, 11) is 3.25. The first-order valence-electron chi connectivity index (χ1n) is 9.56. The lowest BCUT2D eigenvalue weighted by Gasteiger charge is -2.15. The van der Waals surface area contributed by atoms with E-state index in [2.05, 4.69) is 5.32 Å². The number of rotatable bonds is 9. The highest BCUT2D eigenvalue weighted by molar-refractivity contribution is 7.80. The van der Waals surface area contributed by atoms with Crippen LogP contribution in [-0.2, 0) is 13.0 Å². The van der Waals surface area contributed by atoms with Gasteiger partial charge in [-0.15, -0.1) is 0 Å². The highest BCUT2D eigenvalue weighted by atomic mass is 35.5. The fourth-order valence-electron chi connectivity index (χ4n) is 2.94. The summed E-state index contributed by atoms with van der Waals surface area (Å²) < 4.78 is 16.6. The molecule has 0 spiro atoms. The fraction of sp³-hybridized carbons (Fsp3) is 0.208. The first-order chi connectivity index (χ1) is 14.6. The largest absolute Gasteiger partial charge is 0.497 e. The molecule has 0 heterocycles. The molecule has 0 aromatic heterocycles. The number of halogens is 1. The number of thiocarbonyl (C=S) groups is 1. The second-order valence-corrected chi connectivity index (χ2v) is 7.43. The second-order valence-electron chi connectivity index (χ2n) is 6.62. The van der Waals surface area contributed by atoms with Crippen molar-refractivity contribution in [2.24, 2.45) is 0 Å². The number of methoxy groups -OCH3 is 2. The number of hydrogen-bond donors (Lipinski definition) is 1. The molecule has 3 aromatic carbocycles. The highest BCUT2D eigenvalue weighted by Gasteiger charge is 2.14. The van der Waals surface area contributed by atoms with Gasteiger partial charge >= 0.3 is 0 Å². The Hall–Kier alpha value is -2.76. The van der Waals surface area contributed by atoms with Gasteiger partial charge in [-0.25, -0.2) is 0 Å². The smallest absolute Gasteiger partial charge is 0.180 e. The van der Waals surface area contributed by atoms with E-state index in [1.165, 1.54) is 5.56 Å². The molecule has 0 saturated carbocycles. The van der Waals surface area contributed by atoms with E-state index in [1.807, 2.05) is 60.7 Å². The molecule has 0 atom stereocenters. The zero-order valence-corrected chi connectivity index (χ0v) is 18.6. The molecule has 3 aromatic rings. The van der Waals surface area contributed by atoms with E-state index >= 15 is 0 Å². The molecular weight excluding hydrogens is 418 g/mol. The van der Waals surface area contributed by atoms with Crippen molar-refractivity contribution in [3.05, 3.63) is 88.4 Å². The first kappa shape index (κ1) is 21.9. The van der Waals surface area contributed by atoms with Gasteiger partial charge in [-0.2, -0.15) is 0 Å². The fourth-order valence-corrected chi connectivity index (χ4v) is 3.42. The third kappa shape index (κ3) is 5.88. The third-order valence-corrected chi connectivity index (χ3v) is 5.24. The maximum atomic E-state index is 6.48. The van der Waals surface area contributed by atoms with Crippen molar-refractivity contribution in [3.63, 3.8) is 0 Å². The summed E-state index contributed by atoms with van der Waals surface area (Å²) in [4.78, 5) is 0.610. The maximum absolute atomic E-state index is 6.48. The van der Waals surface area contributed by atoms with Gasteiger partial charge in [0.15, 0.2) is 11.5 Å². The molecule has 6 heteroatoms. The minimum atomic E-state index is 0.404. The SMILES string of the molecule is COc1ccc(CCNC(=S)c2cc(Cl)c(OCc3ccccc3)c(OC)c2)cc1. The molecule has 3 rings (SSSR count). The van der Waals surface area contributed by atoms with Gasteiger partial charge in [-0.3, -0.25) is 0 Å². The molecule has 0 radical (unpaired) electrons. The third-order valence-electron chi connectivity index (χ3n) is 4.58. The van der Waals surface area contributed by atoms with Crippen molar-refractivity contribution in [1.82, 2.24) is 5.32 Å². The Labute approximate surface area is 187 Å². The quantitative estimate of drug-likeness (QED) is 0.447. The summed E-state index contributed by atoms with van der Waals surface area (Å²) in [6, 6.07) is 21.5. The van der Waals surface area contributed by atoms with Crippen LogP contribution in [0.3, 0.4) is 0 Å². The van der Waals surface area contributed by atoms with Crippen molar-refractivity contribution >= 4 is 28.8 Å². The van der Waals surface area contributed by atoms with E-state index < -0.39 is 0 Å². The van der Waals surface area contributed by atoms with Crippen molar-refractivity contribution in [2.75, 3.05) is 20.8 Å². The zero-order valence-electron chi connectivity index (χ0n) is 17.0. The predicted octanol–water partition coefficient (Wildman–Crippen LogP) is 5.44. The molecule has 0 aliphatic carbocycles. The average Bonchev–Trinajstić information content (AvgIpc) is 2.78. The van der Waals surface area contributed by atoms with Crippen LogP contribution in [0.5, 0.6) is 17.2 Å². The minimum absolute atomic E-state index is 0.404. The number of ether oxygens (including phenoxy) is 3. The lowest BCUT2D eigenvalue weighted by molar-refractivity contribution is 0.284. The summed E-state index contributed by atoms with van der Waals surface area (Å²) >= 11 is 12.0. The monoisotopic (exact) mass is 441 g/mol. The van der Waals surface area contributed by atoms with Gasteiger partial charge in [-0.1, -0.05) is 66.3 Å². The lowest BCUT2D eigenvalue weighted by Crippen LogP contribution is -2.24. The minimum Gasteiger partial charge on any atom is -0.497 e. The van der Waals surface area contributed by atoms with Gasteiger partial charge < -0.3 is 19.5 Å². The van der Waals surface area contributed by atoms with Gasteiger partial charge in [0.05, 0.1) is 19.2 Å². The van der Waals surface area contributed by atoms with Gasteiger partial charge in [0.2, 0.25) is 0 Å². The van der Waals surface area contributed by atoms with Crippen LogP contribution in [0.2, 0.25) is 5.02 Å². The lowest BCUT2D eigenvalue weighted by atomic mass is 10.1. The molecule has 0 amide bonds. The van der Waals surface area contributed by atoms with Gasteiger partial charge in [0.25, 0.3) is 0 Å². The van der Waals surface area contributed by atoms with Crippen molar-refractivity contribution in [3.8, 4) is 17.2 Å². The van der Waals surface area contributed by atoms with Crippen LogP contribution >= 0.6 is 23.8 Å². The molecule has 0 saturated heterocycles. The van der Waals surface area contributed by atoms with E-state index in [4.69, 9.17) is 38.0 Å². The summed E-state index contributed by atoms with van der Waals surface area (Å²) in [6.07, 6.45) is 0.841. The Morgan fingerprint density at radius 2 is 1.67 bits per heavy atom. The average molecular weight is 442 g/mol. The van der Waals surface area contributed by atoms with E-state index in [-0.39, 0.29) is 0 Å².